The first-order chi connectivity index (χ1) is 8.22. The van der Waals surface area contributed by atoms with Crippen molar-refractivity contribution in [3.8, 4) is 0 Å². The van der Waals surface area contributed by atoms with Gasteiger partial charge in [-0.1, -0.05) is 26.0 Å². The molecule has 1 aromatic rings. The van der Waals surface area contributed by atoms with Crippen LogP contribution in [0, 0.1) is 5.92 Å². The quantitative estimate of drug-likeness (QED) is 0.664. The van der Waals surface area contributed by atoms with E-state index in [1.807, 2.05) is 10.9 Å². The Morgan fingerprint density at radius 1 is 1.41 bits per heavy atom. The third-order valence-corrected chi connectivity index (χ3v) is 2.26. The zero-order chi connectivity index (χ0) is 12.5. The highest BCUT2D eigenvalue weighted by molar-refractivity contribution is 4.91. The molecule has 0 saturated carbocycles. The second-order valence-corrected chi connectivity index (χ2v) is 4.61. The number of hydrogen-bond donors (Lipinski definition) is 1. The van der Waals surface area contributed by atoms with E-state index < -0.39 is 0 Å². The Hall–Kier alpha value is -0.940. The molecule has 1 N–H and O–H groups in total. The first-order valence-electron chi connectivity index (χ1n) is 6.39. The lowest BCUT2D eigenvalue weighted by molar-refractivity contribution is 0.124. The van der Waals surface area contributed by atoms with Gasteiger partial charge in [0.2, 0.25) is 0 Å². The van der Waals surface area contributed by atoms with Crippen LogP contribution in [-0.2, 0) is 17.8 Å². The lowest BCUT2D eigenvalue weighted by Gasteiger charge is -2.04. The molecule has 0 bridgehead atoms. The molecule has 0 aliphatic rings. The normalized spacial score (nSPS) is 11.3. The van der Waals surface area contributed by atoms with Crippen LogP contribution in [0.2, 0.25) is 0 Å². The molecule has 5 heteroatoms. The fraction of sp³-hybridized carbons (Fsp3) is 0.833. The summed E-state index contributed by atoms with van der Waals surface area (Å²) in [6.07, 6.45) is 3.03. The monoisotopic (exact) mass is 240 g/mol. The minimum atomic E-state index is 0.660. The lowest BCUT2D eigenvalue weighted by atomic mass is 10.2. The van der Waals surface area contributed by atoms with Gasteiger partial charge in [-0.2, -0.15) is 0 Å². The number of hydrogen-bond acceptors (Lipinski definition) is 4. The average Bonchev–Trinajstić information content (AvgIpc) is 2.72. The average molecular weight is 240 g/mol. The summed E-state index contributed by atoms with van der Waals surface area (Å²) in [6, 6.07) is 0. The molecule has 1 rings (SSSR count). The molecule has 0 saturated heterocycles. The second-order valence-electron chi connectivity index (χ2n) is 4.61. The lowest BCUT2D eigenvalue weighted by Crippen LogP contribution is -2.19. The summed E-state index contributed by atoms with van der Waals surface area (Å²) >= 11 is 0. The summed E-state index contributed by atoms with van der Waals surface area (Å²) in [6.45, 7) is 10.6. The predicted molar refractivity (Wildman–Crippen MR) is 67.7 cm³/mol. The van der Waals surface area contributed by atoms with E-state index in [2.05, 4.69) is 36.4 Å². The molecule has 17 heavy (non-hydrogen) atoms. The molecule has 0 atom stereocenters. The van der Waals surface area contributed by atoms with Gasteiger partial charge in [-0.3, -0.25) is 0 Å². The number of nitrogens with one attached hydrogen (secondary N) is 1. The Morgan fingerprint density at radius 3 is 2.94 bits per heavy atom. The molecule has 98 valence electrons. The van der Waals surface area contributed by atoms with Crippen LogP contribution < -0.4 is 5.32 Å². The molecular weight excluding hydrogens is 216 g/mol. The van der Waals surface area contributed by atoms with Crippen molar-refractivity contribution in [2.45, 2.75) is 40.3 Å². The van der Waals surface area contributed by atoms with Gasteiger partial charge in [0.15, 0.2) is 0 Å². The van der Waals surface area contributed by atoms with Crippen molar-refractivity contribution in [1.29, 1.82) is 0 Å². The number of ether oxygens (including phenoxy) is 1. The zero-order valence-corrected chi connectivity index (χ0v) is 11.1. The summed E-state index contributed by atoms with van der Waals surface area (Å²) in [4.78, 5) is 0. The molecule has 0 aliphatic heterocycles. The van der Waals surface area contributed by atoms with Crippen molar-refractivity contribution in [2.75, 3.05) is 19.8 Å². The fourth-order valence-electron chi connectivity index (χ4n) is 1.42. The summed E-state index contributed by atoms with van der Waals surface area (Å²) in [5.41, 5.74) is 0.987. The molecule has 0 spiro atoms. The number of aromatic nitrogens is 3. The van der Waals surface area contributed by atoms with E-state index in [-0.39, 0.29) is 0 Å². The van der Waals surface area contributed by atoms with E-state index in [1.165, 1.54) is 0 Å². The van der Waals surface area contributed by atoms with Crippen molar-refractivity contribution in [1.82, 2.24) is 20.3 Å². The highest BCUT2D eigenvalue weighted by Crippen LogP contribution is 1.95. The first kappa shape index (κ1) is 14.1. The van der Waals surface area contributed by atoms with Crippen LogP contribution in [0.3, 0.4) is 0 Å². The number of rotatable bonds is 9. The topological polar surface area (TPSA) is 52.0 Å². The Bertz CT molecular complexity index is 298. The van der Waals surface area contributed by atoms with E-state index in [9.17, 15) is 0 Å². The van der Waals surface area contributed by atoms with Crippen molar-refractivity contribution in [2.24, 2.45) is 5.92 Å². The molecule has 1 aromatic heterocycles. The molecule has 5 nitrogen and oxygen atoms in total. The summed E-state index contributed by atoms with van der Waals surface area (Å²) in [7, 11) is 0. The predicted octanol–water partition coefficient (Wildman–Crippen LogP) is 1.45. The zero-order valence-electron chi connectivity index (χ0n) is 11.1. The van der Waals surface area contributed by atoms with Crippen LogP contribution in [-0.4, -0.2) is 34.8 Å². The molecular formula is C12H24N4O. The largest absolute Gasteiger partial charge is 0.380 e. The standard InChI is InChI=1S/C12H24N4O/c1-4-6-17-7-5-16-10-12(14-15-16)9-13-8-11(2)3/h10-11,13H,4-9H2,1-3H3. The molecule has 0 amide bonds. The Balaban J connectivity index is 2.18. The van der Waals surface area contributed by atoms with E-state index >= 15 is 0 Å². The van der Waals surface area contributed by atoms with Crippen molar-refractivity contribution < 1.29 is 4.74 Å². The molecule has 0 unspecified atom stereocenters. The van der Waals surface area contributed by atoms with Crippen molar-refractivity contribution in [3.05, 3.63) is 11.9 Å². The van der Waals surface area contributed by atoms with Crippen LogP contribution in [0.25, 0.3) is 0 Å². The maximum Gasteiger partial charge on any atom is 0.0964 e. The summed E-state index contributed by atoms with van der Waals surface area (Å²) < 4.78 is 7.24. The third-order valence-electron chi connectivity index (χ3n) is 2.26. The van der Waals surface area contributed by atoms with Gasteiger partial charge in [-0.05, 0) is 18.9 Å². The van der Waals surface area contributed by atoms with Crippen LogP contribution in [0.5, 0.6) is 0 Å². The van der Waals surface area contributed by atoms with Crippen LogP contribution in [0.15, 0.2) is 6.20 Å². The van der Waals surface area contributed by atoms with E-state index in [4.69, 9.17) is 4.74 Å². The summed E-state index contributed by atoms with van der Waals surface area (Å²) in [5.74, 6) is 0.660. The molecule has 0 radical (unpaired) electrons. The van der Waals surface area contributed by atoms with Gasteiger partial charge in [-0.25, -0.2) is 4.68 Å². The molecule has 0 aromatic carbocycles. The molecule has 0 fully saturated rings. The van der Waals surface area contributed by atoms with Gasteiger partial charge in [-0.15, -0.1) is 5.10 Å². The van der Waals surface area contributed by atoms with Crippen LogP contribution in [0.4, 0.5) is 0 Å². The van der Waals surface area contributed by atoms with E-state index in [0.717, 1.165) is 38.4 Å². The highest BCUT2D eigenvalue weighted by Gasteiger charge is 2.01. The summed E-state index contributed by atoms with van der Waals surface area (Å²) in [5, 5.41) is 11.5. The number of nitrogens with zero attached hydrogens (tertiary/aromatic N) is 3. The van der Waals surface area contributed by atoms with Gasteiger partial charge in [0, 0.05) is 19.3 Å². The fourth-order valence-corrected chi connectivity index (χ4v) is 1.42. The second kappa shape index (κ2) is 8.20. The minimum absolute atomic E-state index is 0.660. The molecule has 1 heterocycles. The van der Waals surface area contributed by atoms with Gasteiger partial charge >= 0.3 is 0 Å². The highest BCUT2D eigenvalue weighted by atomic mass is 16.5. The Labute approximate surface area is 104 Å². The van der Waals surface area contributed by atoms with Crippen LogP contribution in [0.1, 0.15) is 32.9 Å². The van der Waals surface area contributed by atoms with Gasteiger partial charge < -0.3 is 10.1 Å². The first-order valence-corrected chi connectivity index (χ1v) is 6.39. The van der Waals surface area contributed by atoms with Crippen LogP contribution >= 0.6 is 0 Å². The van der Waals surface area contributed by atoms with Crippen molar-refractivity contribution in [3.63, 3.8) is 0 Å². The Kier molecular flexibility index (Phi) is 6.81. The maximum atomic E-state index is 5.40. The van der Waals surface area contributed by atoms with Crippen molar-refractivity contribution >= 4 is 0 Å². The van der Waals surface area contributed by atoms with Gasteiger partial charge in [0.05, 0.1) is 18.8 Å². The minimum Gasteiger partial charge on any atom is -0.380 e. The Morgan fingerprint density at radius 2 is 2.24 bits per heavy atom. The van der Waals surface area contributed by atoms with Gasteiger partial charge in [0.25, 0.3) is 0 Å². The third kappa shape index (κ3) is 6.38. The smallest absolute Gasteiger partial charge is 0.0964 e. The maximum absolute atomic E-state index is 5.40. The van der Waals surface area contributed by atoms with E-state index in [1.54, 1.807) is 0 Å². The van der Waals surface area contributed by atoms with E-state index in [0.29, 0.717) is 12.5 Å². The van der Waals surface area contributed by atoms with Gasteiger partial charge in [0.1, 0.15) is 0 Å². The SMILES string of the molecule is CCCOCCn1cc(CNCC(C)C)nn1. The molecule has 0 aliphatic carbocycles.